The van der Waals surface area contributed by atoms with Crippen LogP contribution in [0, 0.1) is 0 Å². The number of ether oxygens (including phenoxy) is 1. The van der Waals surface area contributed by atoms with Gasteiger partial charge in [-0.3, -0.25) is 5.10 Å². The maximum atomic E-state index is 6.00. The van der Waals surface area contributed by atoms with Crippen LogP contribution in [0.15, 0.2) is 54.6 Å². The average Bonchev–Trinajstić information content (AvgIpc) is 3.03. The lowest BCUT2D eigenvalue weighted by molar-refractivity contribution is 0.317. The number of hydrogen-bond acceptors (Lipinski definition) is 3. The van der Waals surface area contributed by atoms with Crippen LogP contribution in [0.2, 0.25) is 0 Å². The first kappa shape index (κ1) is 14.2. The SMILES string of the molecule is CCCOc1ccc(-c2cc(-c3ccccc3N)[nH]n2)cc1. The Kier molecular flexibility index (Phi) is 4.10. The third-order valence-corrected chi connectivity index (χ3v) is 3.45. The molecule has 0 unspecified atom stereocenters. The van der Waals surface area contributed by atoms with Crippen molar-refractivity contribution in [2.24, 2.45) is 0 Å². The first-order valence-corrected chi connectivity index (χ1v) is 7.41. The van der Waals surface area contributed by atoms with Crippen molar-refractivity contribution in [3.63, 3.8) is 0 Å². The van der Waals surface area contributed by atoms with E-state index in [0.29, 0.717) is 0 Å². The summed E-state index contributed by atoms with van der Waals surface area (Å²) in [6.07, 6.45) is 1.00. The third kappa shape index (κ3) is 2.96. The maximum absolute atomic E-state index is 6.00. The Morgan fingerprint density at radius 1 is 1.09 bits per heavy atom. The summed E-state index contributed by atoms with van der Waals surface area (Å²) in [5.41, 5.74) is 10.5. The van der Waals surface area contributed by atoms with E-state index in [1.807, 2.05) is 54.6 Å². The standard InChI is InChI=1S/C18H19N3O/c1-2-11-22-14-9-7-13(8-10-14)17-12-18(21-20-17)15-5-3-4-6-16(15)19/h3-10,12H,2,11,19H2,1H3,(H,20,21). The number of aromatic amines is 1. The fraction of sp³-hybridized carbons (Fsp3) is 0.167. The van der Waals surface area contributed by atoms with Crippen molar-refractivity contribution in [1.29, 1.82) is 0 Å². The molecule has 22 heavy (non-hydrogen) atoms. The van der Waals surface area contributed by atoms with E-state index in [9.17, 15) is 0 Å². The minimum Gasteiger partial charge on any atom is -0.494 e. The number of H-pyrrole nitrogens is 1. The molecule has 1 heterocycles. The predicted octanol–water partition coefficient (Wildman–Crippen LogP) is 4.11. The lowest BCUT2D eigenvalue weighted by atomic mass is 10.1. The average molecular weight is 293 g/mol. The van der Waals surface area contributed by atoms with Crippen LogP contribution in [0.5, 0.6) is 5.75 Å². The fourth-order valence-electron chi connectivity index (χ4n) is 2.29. The Balaban J connectivity index is 1.83. The summed E-state index contributed by atoms with van der Waals surface area (Å²) in [6.45, 7) is 2.83. The molecule has 0 saturated heterocycles. The molecule has 0 spiro atoms. The van der Waals surface area contributed by atoms with Gasteiger partial charge in [0.05, 0.1) is 18.0 Å². The molecule has 3 N–H and O–H groups in total. The number of nitrogen functional groups attached to an aromatic ring is 1. The highest BCUT2D eigenvalue weighted by atomic mass is 16.5. The second-order valence-corrected chi connectivity index (χ2v) is 5.13. The van der Waals surface area contributed by atoms with Gasteiger partial charge >= 0.3 is 0 Å². The summed E-state index contributed by atoms with van der Waals surface area (Å²) in [5.74, 6) is 0.883. The number of rotatable bonds is 5. The molecule has 0 fully saturated rings. The molecule has 0 atom stereocenters. The van der Waals surface area contributed by atoms with E-state index >= 15 is 0 Å². The van der Waals surface area contributed by atoms with Crippen molar-refractivity contribution in [2.75, 3.05) is 12.3 Å². The van der Waals surface area contributed by atoms with Crippen molar-refractivity contribution >= 4 is 5.69 Å². The number of nitrogens with one attached hydrogen (secondary N) is 1. The van der Waals surface area contributed by atoms with Crippen LogP contribution in [0.1, 0.15) is 13.3 Å². The van der Waals surface area contributed by atoms with Crippen LogP contribution in [0.25, 0.3) is 22.5 Å². The zero-order chi connectivity index (χ0) is 15.4. The van der Waals surface area contributed by atoms with Gasteiger partial charge in [-0.2, -0.15) is 5.10 Å². The molecule has 0 radical (unpaired) electrons. The number of hydrogen-bond donors (Lipinski definition) is 2. The Hall–Kier alpha value is -2.75. The number of para-hydroxylation sites is 1. The van der Waals surface area contributed by atoms with Crippen molar-refractivity contribution in [1.82, 2.24) is 10.2 Å². The molecule has 0 amide bonds. The molecule has 2 aromatic carbocycles. The van der Waals surface area contributed by atoms with E-state index in [2.05, 4.69) is 17.1 Å². The number of nitrogens with two attached hydrogens (primary N) is 1. The number of benzene rings is 2. The summed E-state index contributed by atoms with van der Waals surface area (Å²) in [7, 11) is 0. The first-order chi connectivity index (χ1) is 10.8. The van der Waals surface area contributed by atoms with E-state index in [1.165, 1.54) is 0 Å². The largest absolute Gasteiger partial charge is 0.494 e. The van der Waals surface area contributed by atoms with Gasteiger partial charge < -0.3 is 10.5 Å². The monoisotopic (exact) mass is 293 g/mol. The minimum absolute atomic E-state index is 0.735. The molecule has 1 aromatic heterocycles. The zero-order valence-corrected chi connectivity index (χ0v) is 12.5. The molecule has 4 heteroatoms. The highest BCUT2D eigenvalue weighted by Crippen LogP contribution is 2.28. The lowest BCUT2D eigenvalue weighted by Gasteiger charge is -2.04. The number of aromatic nitrogens is 2. The number of anilines is 1. The van der Waals surface area contributed by atoms with E-state index < -0.39 is 0 Å². The van der Waals surface area contributed by atoms with Gasteiger partial charge in [-0.05, 0) is 42.8 Å². The van der Waals surface area contributed by atoms with Crippen LogP contribution in [-0.2, 0) is 0 Å². The molecular formula is C18H19N3O. The molecule has 0 bridgehead atoms. The first-order valence-electron chi connectivity index (χ1n) is 7.41. The zero-order valence-electron chi connectivity index (χ0n) is 12.5. The van der Waals surface area contributed by atoms with Gasteiger partial charge in [0.2, 0.25) is 0 Å². The molecule has 0 aliphatic rings. The van der Waals surface area contributed by atoms with Crippen LogP contribution < -0.4 is 10.5 Å². The summed E-state index contributed by atoms with van der Waals surface area (Å²) >= 11 is 0. The molecule has 0 saturated carbocycles. The van der Waals surface area contributed by atoms with Crippen molar-refractivity contribution in [2.45, 2.75) is 13.3 Å². The minimum atomic E-state index is 0.735. The van der Waals surface area contributed by atoms with Crippen LogP contribution in [0.3, 0.4) is 0 Å². The second kappa shape index (κ2) is 6.35. The smallest absolute Gasteiger partial charge is 0.119 e. The predicted molar refractivity (Wildman–Crippen MR) is 89.7 cm³/mol. The van der Waals surface area contributed by atoms with E-state index in [4.69, 9.17) is 10.5 Å². The Morgan fingerprint density at radius 3 is 2.59 bits per heavy atom. The van der Waals surface area contributed by atoms with E-state index in [1.54, 1.807) is 0 Å². The van der Waals surface area contributed by atoms with Gasteiger partial charge in [0.15, 0.2) is 0 Å². The summed E-state index contributed by atoms with van der Waals surface area (Å²) in [4.78, 5) is 0. The van der Waals surface area contributed by atoms with Gasteiger partial charge in [-0.25, -0.2) is 0 Å². The molecule has 0 aliphatic heterocycles. The Labute approximate surface area is 129 Å². The maximum Gasteiger partial charge on any atom is 0.119 e. The van der Waals surface area contributed by atoms with Gasteiger partial charge in [0.1, 0.15) is 5.75 Å². The molecule has 4 nitrogen and oxygen atoms in total. The van der Waals surface area contributed by atoms with Crippen LogP contribution in [-0.4, -0.2) is 16.8 Å². The summed E-state index contributed by atoms with van der Waals surface area (Å²) < 4.78 is 5.59. The highest BCUT2D eigenvalue weighted by Gasteiger charge is 2.08. The topological polar surface area (TPSA) is 63.9 Å². The molecule has 112 valence electrons. The Bertz CT molecular complexity index is 747. The van der Waals surface area contributed by atoms with Crippen LogP contribution >= 0.6 is 0 Å². The normalized spacial score (nSPS) is 10.6. The quantitative estimate of drug-likeness (QED) is 0.696. The van der Waals surface area contributed by atoms with Crippen LogP contribution in [0.4, 0.5) is 5.69 Å². The molecule has 3 rings (SSSR count). The van der Waals surface area contributed by atoms with E-state index in [0.717, 1.165) is 47.0 Å². The van der Waals surface area contributed by atoms with Crippen molar-refractivity contribution in [3.8, 4) is 28.3 Å². The second-order valence-electron chi connectivity index (χ2n) is 5.13. The lowest BCUT2D eigenvalue weighted by Crippen LogP contribution is -1.94. The molecular weight excluding hydrogens is 274 g/mol. The van der Waals surface area contributed by atoms with Gasteiger partial charge in [-0.1, -0.05) is 25.1 Å². The Morgan fingerprint density at radius 2 is 1.86 bits per heavy atom. The molecule has 3 aromatic rings. The fourth-order valence-corrected chi connectivity index (χ4v) is 2.29. The van der Waals surface area contributed by atoms with Gasteiger partial charge in [-0.15, -0.1) is 0 Å². The summed E-state index contributed by atoms with van der Waals surface area (Å²) in [5, 5.41) is 7.42. The summed E-state index contributed by atoms with van der Waals surface area (Å²) in [6, 6.07) is 17.7. The van der Waals surface area contributed by atoms with Crippen molar-refractivity contribution < 1.29 is 4.74 Å². The highest BCUT2D eigenvalue weighted by molar-refractivity contribution is 5.76. The third-order valence-electron chi connectivity index (χ3n) is 3.45. The van der Waals surface area contributed by atoms with E-state index in [-0.39, 0.29) is 0 Å². The van der Waals surface area contributed by atoms with Crippen molar-refractivity contribution in [3.05, 3.63) is 54.6 Å². The number of nitrogens with zero attached hydrogens (tertiary/aromatic N) is 1. The van der Waals surface area contributed by atoms with Gasteiger partial charge in [0, 0.05) is 16.8 Å². The molecule has 0 aliphatic carbocycles. The van der Waals surface area contributed by atoms with Gasteiger partial charge in [0.25, 0.3) is 0 Å².